The standard InChI is InChI=1S/C29H22O/c1-3-21-17-11-19-25(27(21)23-13-7-5-8-14-23)29(30)26-20-12-18-22(4-2)28(26)24-15-9-6-10-16-24/h3-20H,1-2H2. The molecule has 0 heterocycles. The van der Waals surface area contributed by atoms with Crippen LogP contribution in [0.5, 0.6) is 0 Å². The van der Waals surface area contributed by atoms with Gasteiger partial charge >= 0.3 is 0 Å². The topological polar surface area (TPSA) is 17.1 Å². The number of benzene rings is 4. The maximum Gasteiger partial charge on any atom is 0.194 e. The van der Waals surface area contributed by atoms with Crippen molar-refractivity contribution in [1.82, 2.24) is 0 Å². The summed E-state index contributed by atoms with van der Waals surface area (Å²) >= 11 is 0. The third kappa shape index (κ3) is 3.54. The summed E-state index contributed by atoms with van der Waals surface area (Å²) in [5, 5.41) is 0. The van der Waals surface area contributed by atoms with E-state index in [4.69, 9.17) is 0 Å². The van der Waals surface area contributed by atoms with Crippen molar-refractivity contribution in [3.63, 3.8) is 0 Å². The highest BCUT2D eigenvalue weighted by molar-refractivity contribution is 6.17. The molecule has 0 saturated carbocycles. The maximum absolute atomic E-state index is 13.9. The summed E-state index contributed by atoms with van der Waals surface area (Å²) in [6, 6.07) is 31.6. The molecule has 30 heavy (non-hydrogen) atoms. The second-order valence-corrected chi connectivity index (χ2v) is 7.01. The van der Waals surface area contributed by atoms with Gasteiger partial charge in [0.1, 0.15) is 0 Å². The summed E-state index contributed by atoms with van der Waals surface area (Å²) in [6.45, 7) is 7.92. The van der Waals surface area contributed by atoms with Gasteiger partial charge in [0.25, 0.3) is 0 Å². The number of carbonyl (C=O) groups excluding carboxylic acids is 1. The molecule has 4 aromatic carbocycles. The zero-order valence-electron chi connectivity index (χ0n) is 16.7. The van der Waals surface area contributed by atoms with Crippen LogP contribution in [-0.4, -0.2) is 5.78 Å². The van der Waals surface area contributed by atoms with Crippen LogP contribution < -0.4 is 0 Å². The van der Waals surface area contributed by atoms with Gasteiger partial charge < -0.3 is 0 Å². The van der Waals surface area contributed by atoms with Crippen LogP contribution in [0.3, 0.4) is 0 Å². The summed E-state index contributed by atoms with van der Waals surface area (Å²) in [6.07, 6.45) is 3.61. The van der Waals surface area contributed by atoms with E-state index in [1.54, 1.807) is 12.2 Å². The third-order valence-electron chi connectivity index (χ3n) is 5.25. The van der Waals surface area contributed by atoms with Crippen molar-refractivity contribution in [2.24, 2.45) is 0 Å². The van der Waals surface area contributed by atoms with Crippen molar-refractivity contribution in [2.45, 2.75) is 0 Å². The van der Waals surface area contributed by atoms with Gasteiger partial charge in [0.05, 0.1) is 0 Å². The first-order chi connectivity index (χ1) is 14.7. The maximum atomic E-state index is 13.9. The third-order valence-corrected chi connectivity index (χ3v) is 5.25. The lowest BCUT2D eigenvalue weighted by Crippen LogP contribution is -2.07. The molecule has 0 fully saturated rings. The predicted molar refractivity (Wildman–Crippen MR) is 127 cm³/mol. The summed E-state index contributed by atoms with van der Waals surface area (Å²) in [4.78, 5) is 13.9. The molecule has 0 aromatic heterocycles. The van der Waals surface area contributed by atoms with E-state index < -0.39 is 0 Å². The van der Waals surface area contributed by atoms with Crippen molar-refractivity contribution < 1.29 is 4.79 Å². The molecule has 0 amide bonds. The van der Waals surface area contributed by atoms with Crippen molar-refractivity contribution in [1.29, 1.82) is 0 Å². The van der Waals surface area contributed by atoms with Crippen LogP contribution in [0, 0.1) is 0 Å². The van der Waals surface area contributed by atoms with E-state index in [9.17, 15) is 4.79 Å². The normalized spacial score (nSPS) is 10.4. The van der Waals surface area contributed by atoms with Crippen LogP contribution in [0.25, 0.3) is 34.4 Å². The fourth-order valence-corrected chi connectivity index (χ4v) is 3.86. The lowest BCUT2D eigenvalue weighted by molar-refractivity contribution is 0.104. The molecule has 0 bridgehead atoms. The van der Waals surface area contributed by atoms with Crippen LogP contribution >= 0.6 is 0 Å². The number of hydrogen-bond acceptors (Lipinski definition) is 1. The molecular formula is C29H22O. The molecular weight excluding hydrogens is 364 g/mol. The minimum absolute atomic E-state index is 0.0138. The van der Waals surface area contributed by atoms with E-state index in [2.05, 4.69) is 13.2 Å². The number of hydrogen-bond donors (Lipinski definition) is 0. The second kappa shape index (κ2) is 8.59. The Bertz CT molecular complexity index is 1120. The van der Waals surface area contributed by atoms with Gasteiger partial charge in [0.15, 0.2) is 5.78 Å². The molecule has 0 unspecified atom stereocenters. The first kappa shape index (κ1) is 19.4. The van der Waals surface area contributed by atoms with Crippen LogP contribution in [0.2, 0.25) is 0 Å². The van der Waals surface area contributed by atoms with Crippen LogP contribution in [0.4, 0.5) is 0 Å². The Balaban J connectivity index is 1.97. The Morgan fingerprint density at radius 3 is 1.30 bits per heavy atom. The molecule has 1 nitrogen and oxygen atoms in total. The molecule has 4 aromatic rings. The molecule has 0 aliphatic heterocycles. The zero-order valence-corrected chi connectivity index (χ0v) is 16.7. The zero-order chi connectivity index (χ0) is 20.9. The van der Waals surface area contributed by atoms with Gasteiger partial charge in [-0.2, -0.15) is 0 Å². The van der Waals surface area contributed by atoms with Crippen molar-refractivity contribution in [2.75, 3.05) is 0 Å². The monoisotopic (exact) mass is 386 g/mol. The molecule has 0 aliphatic carbocycles. The van der Waals surface area contributed by atoms with Gasteiger partial charge in [-0.25, -0.2) is 0 Å². The van der Waals surface area contributed by atoms with Gasteiger partial charge in [-0.05, 0) is 22.3 Å². The van der Waals surface area contributed by atoms with Gasteiger partial charge in [-0.15, -0.1) is 0 Å². The predicted octanol–water partition coefficient (Wildman–Crippen LogP) is 7.54. The van der Waals surface area contributed by atoms with Crippen molar-refractivity contribution in [3.05, 3.63) is 132 Å². The summed E-state index contributed by atoms with van der Waals surface area (Å²) in [5.74, 6) is -0.0138. The van der Waals surface area contributed by atoms with E-state index in [1.807, 2.05) is 97.1 Å². The smallest absolute Gasteiger partial charge is 0.194 e. The van der Waals surface area contributed by atoms with E-state index in [0.29, 0.717) is 11.1 Å². The molecule has 1 heteroatoms. The first-order valence-electron chi connectivity index (χ1n) is 9.91. The van der Waals surface area contributed by atoms with E-state index in [0.717, 1.165) is 33.4 Å². The molecule has 0 radical (unpaired) electrons. The van der Waals surface area contributed by atoms with E-state index >= 15 is 0 Å². The molecule has 0 aliphatic rings. The Labute approximate surface area is 177 Å². The SMILES string of the molecule is C=Cc1cccc(C(=O)c2cccc(C=C)c2-c2ccccc2)c1-c1ccccc1. The molecule has 0 spiro atoms. The quantitative estimate of drug-likeness (QED) is 0.313. The van der Waals surface area contributed by atoms with Gasteiger partial charge in [-0.3, -0.25) is 4.79 Å². The van der Waals surface area contributed by atoms with Crippen LogP contribution in [0.15, 0.2) is 110 Å². The highest BCUT2D eigenvalue weighted by Crippen LogP contribution is 2.34. The Hall–Kier alpha value is -3.97. The Kier molecular flexibility index (Phi) is 5.54. The van der Waals surface area contributed by atoms with Crippen LogP contribution in [0.1, 0.15) is 27.0 Å². The summed E-state index contributed by atoms with van der Waals surface area (Å²) in [7, 11) is 0. The first-order valence-corrected chi connectivity index (χ1v) is 9.91. The van der Waals surface area contributed by atoms with Crippen molar-refractivity contribution >= 4 is 17.9 Å². The molecule has 0 N–H and O–H groups in total. The molecule has 4 rings (SSSR count). The number of rotatable bonds is 6. The van der Waals surface area contributed by atoms with Crippen molar-refractivity contribution in [3.8, 4) is 22.3 Å². The Morgan fingerprint density at radius 1 is 0.533 bits per heavy atom. The largest absolute Gasteiger partial charge is 0.289 e. The van der Waals surface area contributed by atoms with Gasteiger partial charge in [-0.1, -0.05) is 122 Å². The summed E-state index contributed by atoms with van der Waals surface area (Å²) in [5.41, 5.74) is 7.01. The lowest BCUT2D eigenvalue weighted by atomic mass is 9.86. The molecule has 144 valence electrons. The minimum atomic E-state index is -0.0138. The van der Waals surface area contributed by atoms with Gasteiger partial charge in [0, 0.05) is 22.3 Å². The lowest BCUT2D eigenvalue weighted by Gasteiger charge is -2.16. The summed E-state index contributed by atoms with van der Waals surface area (Å²) < 4.78 is 0. The highest BCUT2D eigenvalue weighted by Gasteiger charge is 2.21. The minimum Gasteiger partial charge on any atom is -0.289 e. The van der Waals surface area contributed by atoms with E-state index in [1.165, 1.54) is 0 Å². The highest BCUT2D eigenvalue weighted by atomic mass is 16.1. The fraction of sp³-hybridized carbons (Fsp3) is 0. The molecule has 0 atom stereocenters. The van der Waals surface area contributed by atoms with Gasteiger partial charge in [0.2, 0.25) is 0 Å². The van der Waals surface area contributed by atoms with E-state index in [-0.39, 0.29) is 5.78 Å². The molecule has 0 saturated heterocycles. The number of ketones is 1. The average Bonchev–Trinajstić information content (AvgIpc) is 2.83. The fourth-order valence-electron chi connectivity index (χ4n) is 3.86. The second-order valence-electron chi connectivity index (χ2n) is 7.01. The average molecular weight is 386 g/mol. The Morgan fingerprint density at radius 2 is 0.933 bits per heavy atom. The number of carbonyl (C=O) groups is 1. The van der Waals surface area contributed by atoms with Crippen LogP contribution in [-0.2, 0) is 0 Å².